The molecule has 0 saturated carbocycles. The summed E-state index contributed by atoms with van der Waals surface area (Å²) in [5, 5.41) is 19.9. The first kappa shape index (κ1) is 17.2. The van der Waals surface area contributed by atoms with E-state index >= 15 is 0 Å². The first-order chi connectivity index (χ1) is 11.2. The van der Waals surface area contributed by atoms with E-state index < -0.39 is 0 Å². The molecule has 0 aliphatic heterocycles. The third-order valence-electron chi connectivity index (χ3n) is 4.18. The average molecular weight is 314 g/mol. The molecule has 2 aromatic carbocycles. The fraction of sp³-hybridized carbons (Fsp3) is 0.400. The maximum atomic E-state index is 10.1. The fourth-order valence-electron chi connectivity index (χ4n) is 2.82. The van der Waals surface area contributed by atoms with Gasteiger partial charge < -0.3 is 14.9 Å². The molecule has 0 saturated heterocycles. The zero-order valence-corrected chi connectivity index (χ0v) is 13.8. The Labute approximate surface area is 138 Å². The van der Waals surface area contributed by atoms with Crippen molar-refractivity contribution in [3.63, 3.8) is 0 Å². The van der Waals surface area contributed by atoms with Gasteiger partial charge in [-0.05, 0) is 43.4 Å². The predicted octanol–water partition coefficient (Wildman–Crippen LogP) is 4.84. The number of ether oxygens (including phenoxy) is 1. The van der Waals surface area contributed by atoms with E-state index in [0.29, 0.717) is 17.7 Å². The minimum Gasteiger partial charge on any atom is -0.508 e. The molecule has 3 heteroatoms. The topological polar surface area (TPSA) is 49.7 Å². The molecule has 23 heavy (non-hydrogen) atoms. The lowest BCUT2D eigenvalue weighted by Crippen LogP contribution is -1.92. The second kappa shape index (κ2) is 9.09. The van der Waals surface area contributed by atoms with Crippen LogP contribution in [0.3, 0.4) is 0 Å². The van der Waals surface area contributed by atoms with Gasteiger partial charge >= 0.3 is 0 Å². The molecule has 2 aromatic rings. The lowest BCUT2D eigenvalue weighted by Gasteiger charge is -2.10. The van der Waals surface area contributed by atoms with Crippen LogP contribution in [0.2, 0.25) is 0 Å². The summed E-state index contributed by atoms with van der Waals surface area (Å²) < 4.78 is 5.08. The highest BCUT2D eigenvalue weighted by Gasteiger charge is 2.12. The molecule has 0 unspecified atom stereocenters. The second-order valence-corrected chi connectivity index (χ2v) is 5.87. The van der Waals surface area contributed by atoms with Crippen molar-refractivity contribution < 1.29 is 14.9 Å². The van der Waals surface area contributed by atoms with Crippen LogP contribution in [0.15, 0.2) is 42.5 Å². The molecule has 0 amide bonds. The van der Waals surface area contributed by atoms with Crippen LogP contribution >= 0.6 is 0 Å². The van der Waals surface area contributed by atoms with Crippen molar-refractivity contribution in [2.45, 2.75) is 44.9 Å². The van der Waals surface area contributed by atoms with Gasteiger partial charge in [0.15, 0.2) is 11.5 Å². The number of unbranched alkanes of at least 4 members (excludes halogenated alkanes) is 4. The Morgan fingerprint density at radius 1 is 0.783 bits per heavy atom. The lowest BCUT2D eigenvalue weighted by atomic mass is 10.0. The molecular formula is C20H26O3. The highest BCUT2D eigenvalue weighted by molar-refractivity contribution is 5.52. The molecule has 0 heterocycles. The molecule has 0 aromatic heterocycles. The SMILES string of the molecule is COc1ccc(O)c(CCCCCCCc2ccccc2)c1O. The fourth-order valence-corrected chi connectivity index (χ4v) is 2.82. The van der Waals surface area contributed by atoms with E-state index in [0.717, 1.165) is 19.3 Å². The van der Waals surface area contributed by atoms with E-state index in [1.165, 1.54) is 31.9 Å². The largest absolute Gasteiger partial charge is 0.508 e. The molecule has 0 spiro atoms. The van der Waals surface area contributed by atoms with Gasteiger partial charge in [0, 0.05) is 5.56 Å². The van der Waals surface area contributed by atoms with Gasteiger partial charge in [-0.2, -0.15) is 0 Å². The quantitative estimate of drug-likeness (QED) is 0.651. The molecule has 0 aliphatic carbocycles. The lowest BCUT2D eigenvalue weighted by molar-refractivity contribution is 0.364. The van der Waals surface area contributed by atoms with Gasteiger partial charge in [0.25, 0.3) is 0 Å². The van der Waals surface area contributed by atoms with E-state index in [1.54, 1.807) is 12.1 Å². The molecule has 3 nitrogen and oxygen atoms in total. The number of phenolic OH excluding ortho intramolecular Hbond substituents is 2. The summed E-state index contributed by atoms with van der Waals surface area (Å²) in [6.45, 7) is 0. The minimum absolute atomic E-state index is 0.0663. The predicted molar refractivity (Wildman–Crippen MR) is 93.3 cm³/mol. The van der Waals surface area contributed by atoms with E-state index in [9.17, 15) is 10.2 Å². The van der Waals surface area contributed by atoms with Crippen LogP contribution < -0.4 is 4.74 Å². The first-order valence-electron chi connectivity index (χ1n) is 8.34. The first-order valence-corrected chi connectivity index (χ1v) is 8.34. The van der Waals surface area contributed by atoms with E-state index in [1.807, 2.05) is 6.07 Å². The molecular weight excluding hydrogens is 288 g/mol. The van der Waals surface area contributed by atoms with Crippen molar-refractivity contribution in [3.05, 3.63) is 53.6 Å². The summed E-state index contributed by atoms with van der Waals surface area (Å²) >= 11 is 0. The molecule has 2 rings (SSSR count). The van der Waals surface area contributed by atoms with Crippen molar-refractivity contribution in [2.24, 2.45) is 0 Å². The normalized spacial score (nSPS) is 10.7. The number of benzene rings is 2. The summed E-state index contributed by atoms with van der Waals surface area (Å²) in [5.74, 6) is 0.629. The third kappa shape index (κ3) is 5.20. The average Bonchev–Trinajstić information content (AvgIpc) is 2.57. The van der Waals surface area contributed by atoms with E-state index in [2.05, 4.69) is 24.3 Å². The van der Waals surface area contributed by atoms with Crippen LogP contribution in [0.4, 0.5) is 0 Å². The van der Waals surface area contributed by atoms with Gasteiger partial charge in [0.2, 0.25) is 0 Å². The Bertz CT molecular complexity index is 593. The Balaban J connectivity index is 1.66. The summed E-state index contributed by atoms with van der Waals surface area (Å²) in [4.78, 5) is 0. The van der Waals surface area contributed by atoms with Gasteiger partial charge in [0.1, 0.15) is 5.75 Å². The van der Waals surface area contributed by atoms with Gasteiger partial charge in [-0.25, -0.2) is 0 Å². The molecule has 2 N–H and O–H groups in total. The highest BCUT2D eigenvalue weighted by atomic mass is 16.5. The Kier molecular flexibility index (Phi) is 6.79. The molecule has 0 fully saturated rings. The summed E-state index contributed by atoms with van der Waals surface area (Å²) in [7, 11) is 1.52. The number of methoxy groups -OCH3 is 1. The van der Waals surface area contributed by atoms with Gasteiger partial charge in [0.05, 0.1) is 7.11 Å². The van der Waals surface area contributed by atoms with Crippen LogP contribution in [0.5, 0.6) is 17.2 Å². The zero-order chi connectivity index (χ0) is 16.5. The van der Waals surface area contributed by atoms with E-state index in [4.69, 9.17) is 4.74 Å². The Morgan fingerprint density at radius 2 is 1.43 bits per heavy atom. The molecule has 0 radical (unpaired) electrons. The monoisotopic (exact) mass is 314 g/mol. The Hall–Kier alpha value is -2.16. The van der Waals surface area contributed by atoms with E-state index in [-0.39, 0.29) is 11.5 Å². The van der Waals surface area contributed by atoms with Gasteiger partial charge in [-0.3, -0.25) is 0 Å². The smallest absolute Gasteiger partial charge is 0.164 e. The number of hydrogen-bond acceptors (Lipinski definition) is 3. The highest BCUT2D eigenvalue weighted by Crippen LogP contribution is 2.36. The van der Waals surface area contributed by atoms with Crippen molar-refractivity contribution >= 4 is 0 Å². The van der Waals surface area contributed by atoms with Crippen molar-refractivity contribution in [1.29, 1.82) is 0 Å². The van der Waals surface area contributed by atoms with Crippen molar-refractivity contribution in [1.82, 2.24) is 0 Å². The molecule has 0 aliphatic rings. The number of phenols is 2. The van der Waals surface area contributed by atoms with Crippen LogP contribution in [-0.4, -0.2) is 17.3 Å². The number of aryl methyl sites for hydroxylation is 1. The number of aromatic hydroxyl groups is 2. The van der Waals surface area contributed by atoms with Gasteiger partial charge in [-0.1, -0.05) is 49.6 Å². The summed E-state index contributed by atoms with van der Waals surface area (Å²) in [6, 6.07) is 13.7. The Morgan fingerprint density at radius 3 is 2.13 bits per heavy atom. The maximum absolute atomic E-state index is 10.1. The summed E-state index contributed by atoms with van der Waals surface area (Å²) in [5.41, 5.74) is 1.99. The number of hydrogen-bond donors (Lipinski definition) is 2. The van der Waals surface area contributed by atoms with Crippen molar-refractivity contribution in [3.8, 4) is 17.2 Å². The number of rotatable bonds is 9. The zero-order valence-electron chi connectivity index (χ0n) is 13.8. The third-order valence-corrected chi connectivity index (χ3v) is 4.18. The maximum Gasteiger partial charge on any atom is 0.164 e. The van der Waals surface area contributed by atoms with Crippen LogP contribution in [-0.2, 0) is 12.8 Å². The van der Waals surface area contributed by atoms with Crippen molar-refractivity contribution in [2.75, 3.05) is 7.11 Å². The molecule has 0 bridgehead atoms. The van der Waals surface area contributed by atoms with Crippen LogP contribution in [0, 0.1) is 0 Å². The standard InChI is InChI=1S/C20H26O3/c1-23-19-15-14-18(21)17(20(19)22)13-9-4-2-3-6-10-16-11-7-5-8-12-16/h5,7-8,11-12,14-15,21-22H,2-4,6,9-10,13H2,1H3. The summed E-state index contributed by atoms with van der Waals surface area (Å²) in [6.07, 6.45) is 7.47. The second-order valence-electron chi connectivity index (χ2n) is 5.87. The minimum atomic E-state index is 0.0663. The van der Waals surface area contributed by atoms with Gasteiger partial charge in [-0.15, -0.1) is 0 Å². The van der Waals surface area contributed by atoms with Crippen LogP contribution in [0.1, 0.15) is 43.2 Å². The van der Waals surface area contributed by atoms with Crippen LogP contribution in [0.25, 0.3) is 0 Å². The molecule has 0 atom stereocenters. The molecule has 124 valence electrons.